The monoisotopic (exact) mass is 408 g/mol. The molecular formula is C25H28O5. The van der Waals surface area contributed by atoms with Crippen LogP contribution in [0.2, 0.25) is 0 Å². The van der Waals surface area contributed by atoms with E-state index < -0.39 is 5.92 Å². The molecule has 0 amide bonds. The number of phenolic OH excluding ortho intramolecular Hbond substituents is 3. The van der Waals surface area contributed by atoms with Crippen molar-refractivity contribution in [2.24, 2.45) is 0 Å². The first-order valence-corrected chi connectivity index (χ1v) is 10.1. The lowest BCUT2D eigenvalue weighted by Crippen LogP contribution is -2.26. The minimum absolute atomic E-state index is 0.000835. The van der Waals surface area contributed by atoms with E-state index in [9.17, 15) is 20.1 Å². The van der Waals surface area contributed by atoms with Crippen LogP contribution < -0.4 is 4.74 Å². The second kappa shape index (κ2) is 9.08. The van der Waals surface area contributed by atoms with E-state index in [2.05, 4.69) is 32.9 Å². The number of ether oxygens (including phenoxy) is 1. The average molecular weight is 408 g/mol. The van der Waals surface area contributed by atoms with Crippen LogP contribution in [0.25, 0.3) is 0 Å². The minimum atomic E-state index is -0.677. The van der Waals surface area contributed by atoms with Crippen LogP contribution >= 0.6 is 0 Å². The van der Waals surface area contributed by atoms with Crippen molar-refractivity contribution in [1.29, 1.82) is 0 Å². The molecule has 1 aliphatic rings. The van der Waals surface area contributed by atoms with Crippen LogP contribution in [0.4, 0.5) is 0 Å². The molecule has 3 rings (SSSR count). The van der Waals surface area contributed by atoms with Crippen molar-refractivity contribution in [3.05, 3.63) is 70.3 Å². The second-order valence-electron chi connectivity index (χ2n) is 8.02. The molecule has 30 heavy (non-hydrogen) atoms. The number of allylic oxidation sites excluding steroid dienone is 4. The Hall–Kier alpha value is -3.21. The first kappa shape index (κ1) is 21.5. The fourth-order valence-corrected chi connectivity index (χ4v) is 3.56. The molecule has 1 aliphatic heterocycles. The summed E-state index contributed by atoms with van der Waals surface area (Å²) in [6, 6.07) is 7.34. The Kier molecular flexibility index (Phi) is 6.50. The number of carbonyl (C=O) groups is 1. The van der Waals surface area contributed by atoms with Gasteiger partial charge in [0.25, 0.3) is 0 Å². The van der Waals surface area contributed by atoms with Gasteiger partial charge in [0, 0.05) is 17.7 Å². The average Bonchev–Trinajstić information content (AvgIpc) is 2.68. The SMILES string of the molecule is CC(C)=CCCC(C)=CCc1cc(C2COc3cc(O)ccc3C2=O)c(O)cc1O. The summed E-state index contributed by atoms with van der Waals surface area (Å²) >= 11 is 0. The van der Waals surface area contributed by atoms with Gasteiger partial charge in [0.1, 0.15) is 29.6 Å². The van der Waals surface area contributed by atoms with Crippen molar-refractivity contribution in [3.63, 3.8) is 0 Å². The van der Waals surface area contributed by atoms with Gasteiger partial charge in [-0.25, -0.2) is 0 Å². The highest BCUT2D eigenvalue weighted by Gasteiger charge is 2.32. The first-order chi connectivity index (χ1) is 14.3. The molecule has 1 unspecified atom stereocenters. The predicted octanol–water partition coefficient (Wildman–Crippen LogP) is 5.40. The van der Waals surface area contributed by atoms with Crippen LogP contribution in [-0.4, -0.2) is 27.7 Å². The van der Waals surface area contributed by atoms with Gasteiger partial charge in [-0.2, -0.15) is 0 Å². The maximum atomic E-state index is 13.0. The van der Waals surface area contributed by atoms with Gasteiger partial charge in [-0.1, -0.05) is 23.3 Å². The lowest BCUT2D eigenvalue weighted by atomic mass is 9.87. The zero-order valence-electron chi connectivity index (χ0n) is 17.6. The van der Waals surface area contributed by atoms with Gasteiger partial charge >= 0.3 is 0 Å². The van der Waals surface area contributed by atoms with Crippen LogP contribution in [-0.2, 0) is 6.42 Å². The summed E-state index contributed by atoms with van der Waals surface area (Å²) in [6.07, 6.45) is 6.67. The molecule has 158 valence electrons. The minimum Gasteiger partial charge on any atom is -0.508 e. The predicted molar refractivity (Wildman–Crippen MR) is 117 cm³/mol. The number of carbonyl (C=O) groups excluding carboxylic acids is 1. The van der Waals surface area contributed by atoms with E-state index >= 15 is 0 Å². The quantitative estimate of drug-likeness (QED) is 0.557. The summed E-state index contributed by atoms with van der Waals surface area (Å²) in [5.74, 6) is -0.629. The Morgan fingerprint density at radius 1 is 1.07 bits per heavy atom. The lowest BCUT2D eigenvalue weighted by molar-refractivity contribution is 0.0894. The van der Waals surface area contributed by atoms with E-state index in [0.717, 1.165) is 12.8 Å². The number of hydrogen-bond acceptors (Lipinski definition) is 5. The van der Waals surface area contributed by atoms with Crippen molar-refractivity contribution in [2.45, 2.75) is 46.0 Å². The summed E-state index contributed by atoms with van der Waals surface area (Å²) in [5, 5.41) is 30.3. The second-order valence-corrected chi connectivity index (χ2v) is 8.02. The Bertz CT molecular complexity index is 1010. The van der Waals surface area contributed by atoms with E-state index in [1.165, 1.54) is 35.4 Å². The van der Waals surface area contributed by atoms with E-state index in [4.69, 9.17) is 4.74 Å². The molecule has 0 fully saturated rings. The summed E-state index contributed by atoms with van der Waals surface area (Å²) in [4.78, 5) is 13.0. The third kappa shape index (κ3) is 4.85. The largest absolute Gasteiger partial charge is 0.508 e. The molecule has 2 aromatic carbocycles. The number of rotatable bonds is 6. The third-order valence-corrected chi connectivity index (χ3v) is 5.32. The highest BCUT2D eigenvalue weighted by molar-refractivity contribution is 6.04. The van der Waals surface area contributed by atoms with E-state index in [0.29, 0.717) is 28.9 Å². The van der Waals surface area contributed by atoms with E-state index in [1.807, 2.05) is 0 Å². The van der Waals surface area contributed by atoms with Crippen molar-refractivity contribution in [2.75, 3.05) is 6.61 Å². The molecule has 2 aromatic rings. The molecule has 3 N–H and O–H groups in total. The fraction of sp³-hybridized carbons (Fsp3) is 0.320. The Labute approximate surface area is 177 Å². The molecule has 0 spiro atoms. The number of aromatic hydroxyl groups is 3. The van der Waals surface area contributed by atoms with Gasteiger partial charge in [-0.15, -0.1) is 0 Å². The normalized spacial score (nSPS) is 16.0. The number of benzene rings is 2. The molecule has 0 bridgehead atoms. The molecule has 5 heteroatoms. The van der Waals surface area contributed by atoms with Gasteiger partial charge < -0.3 is 20.1 Å². The highest BCUT2D eigenvalue weighted by Crippen LogP contribution is 2.39. The van der Waals surface area contributed by atoms with Gasteiger partial charge in [0.15, 0.2) is 5.78 Å². The van der Waals surface area contributed by atoms with Crippen molar-refractivity contribution in [3.8, 4) is 23.0 Å². The molecule has 0 aliphatic carbocycles. The summed E-state index contributed by atoms with van der Waals surface area (Å²) in [6.45, 7) is 6.27. The van der Waals surface area contributed by atoms with E-state index in [1.54, 1.807) is 6.07 Å². The molecule has 1 atom stereocenters. The number of ketones is 1. The van der Waals surface area contributed by atoms with Crippen molar-refractivity contribution >= 4 is 5.78 Å². The summed E-state index contributed by atoms with van der Waals surface area (Å²) in [5.41, 5.74) is 3.95. The number of fused-ring (bicyclic) bond motifs is 1. The molecular weight excluding hydrogens is 380 g/mol. The fourth-order valence-electron chi connectivity index (χ4n) is 3.56. The Balaban J connectivity index is 1.82. The smallest absolute Gasteiger partial charge is 0.177 e. The molecule has 5 nitrogen and oxygen atoms in total. The molecule has 0 radical (unpaired) electrons. The van der Waals surface area contributed by atoms with Crippen molar-refractivity contribution in [1.82, 2.24) is 0 Å². The number of phenols is 3. The molecule has 0 aromatic heterocycles. The molecule has 0 saturated carbocycles. The van der Waals surface area contributed by atoms with Crippen LogP contribution in [0.3, 0.4) is 0 Å². The van der Waals surface area contributed by atoms with E-state index in [-0.39, 0.29) is 29.6 Å². The summed E-state index contributed by atoms with van der Waals surface area (Å²) in [7, 11) is 0. The Morgan fingerprint density at radius 2 is 1.83 bits per heavy atom. The molecule has 0 saturated heterocycles. The topological polar surface area (TPSA) is 87.0 Å². The van der Waals surface area contributed by atoms with Crippen LogP contribution in [0, 0.1) is 0 Å². The van der Waals surface area contributed by atoms with Crippen LogP contribution in [0.5, 0.6) is 23.0 Å². The van der Waals surface area contributed by atoms with Crippen molar-refractivity contribution < 1.29 is 24.9 Å². The van der Waals surface area contributed by atoms with Crippen LogP contribution in [0.15, 0.2) is 53.6 Å². The maximum Gasteiger partial charge on any atom is 0.177 e. The highest BCUT2D eigenvalue weighted by atomic mass is 16.5. The number of hydrogen-bond donors (Lipinski definition) is 3. The van der Waals surface area contributed by atoms with Gasteiger partial charge in [0.05, 0.1) is 11.5 Å². The summed E-state index contributed by atoms with van der Waals surface area (Å²) < 4.78 is 5.66. The third-order valence-electron chi connectivity index (χ3n) is 5.32. The van der Waals surface area contributed by atoms with Gasteiger partial charge in [0.2, 0.25) is 0 Å². The first-order valence-electron chi connectivity index (χ1n) is 10.1. The Morgan fingerprint density at radius 3 is 2.57 bits per heavy atom. The zero-order valence-corrected chi connectivity index (χ0v) is 17.6. The lowest BCUT2D eigenvalue weighted by Gasteiger charge is -2.25. The number of Topliss-reactive ketones (excluding diaryl/α,β-unsaturated/α-hetero) is 1. The molecule has 1 heterocycles. The van der Waals surface area contributed by atoms with Gasteiger partial charge in [-0.05, 0) is 63.8 Å². The van der Waals surface area contributed by atoms with Crippen LogP contribution in [0.1, 0.15) is 61.0 Å². The van der Waals surface area contributed by atoms with Gasteiger partial charge in [-0.3, -0.25) is 4.79 Å². The standard InChI is InChI=1S/C25H28O5/c1-15(2)5-4-6-16(3)7-8-17-11-20(23(28)13-22(17)27)21-14-30-24-12-18(26)9-10-19(24)25(21)29/h5,7,9-13,21,26-28H,4,6,8,14H2,1-3H3. The maximum absolute atomic E-state index is 13.0. The zero-order chi connectivity index (χ0) is 21.8.